The molecule has 0 aliphatic heterocycles. The fraction of sp³-hybridized carbons (Fsp3) is 0.200. The Balaban J connectivity index is 1.75. The van der Waals surface area contributed by atoms with Gasteiger partial charge in [-0.25, -0.2) is 13.9 Å². The molecule has 0 aliphatic rings. The first kappa shape index (κ1) is 25.9. The summed E-state index contributed by atoms with van der Waals surface area (Å²) in [6.07, 6.45) is 0.133. The van der Waals surface area contributed by atoms with E-state index in [4.69, 9.17) is 9.94 Å². The Bertz CT molecular complexity index is 1290. The van der Waals surface area contributed by atoms with Crippen LogP contribution < -0.4 is 14.9 Å². The van der Waals surface area contributed by atoms with E-state index in [1.165, 1.54) is 29.2 Å². The maximum atomic E-state index is 12.9. The first-order chi connectivity index (χ1) is 16.6. The monoisotopic (exact) mass is 497 g/mol. The first-order valence-corrected chi connectivity index (χ1v) is 12.2. The number of ether oxygens (including phenoxy) is 1. The van der Waals surface area contributed by atoms with Crippen molar-refractivity contribution in [2.75, 3.05) is 14.1 Å². The van der Waals surface area contributed by atoms with E-state index in [0.717, 1.165) is 11.1 Å². The molecule has 0 fully saturated rings. The average Bonchev–Trinajstić information content (AvgIpc) is 2.84. The van der Waals surface area contributed by atoms with Crippen LogP contribution in [0.5, 0.6) is 11.5 Å². The van der Waals surface area contributed by atoms with Gasteiger partial charge in [0, 0.05) is 19.7 Å². The summed E-state index contributed by atoms with van der Waals surface area (Å²) in [5, 5.41) is 8.78. The van der Waals surface area contributed by atoms with Crippen LogP contribution in [0, 0.1) is 6.92 Å². The largest absolute Gasteiger partial charge is 0.457 e. The second-order valence-corrected chi connectivity index (χ2v) is 9.85. The van der Waals surface area contributed by atoms with Crippen molar-refractivity contribution < 1.29 is 28.0 Å². The number of benzene rings is 3. The molecule has 3 rings (SSSR count). The molecule has 9 nitrogen and oxygen atoms in total. The Labute approximate surface area is 204 Å². The van der Waals surface area contributed by atoms with Crippen LogP contribution >= 0.6 is 0 Å². The lowest BCUT2D eigenvalue weighted by atomic mass is 10.1. The zero-order valence-electron chi connectivity index (χ0n) is 19.6. The highest BCUT2D eigenvalue weighted by atomic mass is 32.2. The number of amides is 2. The molecular formula is C25H27N3O6S. The molecule has 3 aromatic rings. The number of sulfonamides is 1. The van der Waals surface area contributed by atoms with E-state index in [0.29, 0.717) is 11.5 Å². The van der Waals surface area contributed by atoms with Gasteiger partial charge in [0.2, 0.25) is 15.9 Å². The smallest absolute Gasteiger partial charge is 0.274 e. The van der Waals surface area contributed by atoms with Crippen molar-refractivity contribution in [3.05, 3.63) is 89.5 Å². The van der Waals surface area contributed by atoms with Gasteiger partial charge >= 0.3 is 0 Å². The number of hydrogen-bond donors (Lipinski definition) is 3. The molecule has 0 bridgehead atoms. The Kier molecular flexibility index (Phi) is 8.23. The van der Waals surface area contributed by atoms with Gasteiger partial charge in [-0.1, -0.05) is 35.9 Å². The predicted molar refractivity (Wildman–Crippen MR) is 130 cm³/mol. The molecule has 3 aromatic carbocycles. The van der Waals surface area contributed by atoms with E-state index in [1.54, 1.807) is 68.1 Å². The normalized spacial score (nSPS) is 12.0. The highest BCUT2D eigenvalue weighted by molar-refractivity contribution is 7.89. The quantitative estimate of drug-likeness (QED) is 0.308. The summed E-state index contributed by atoms with van der Waals surface area (Å²) in [5.74, 6) is -0.160. The summed E-state index contributed by atoms with van der Waals surface area (Å²) in [4.78, 5) is 25.8. The van der Waals surface area contributed by atoms with Gasteiger partial charge in [0.25, 0.3) is 5.91 Å². The molecule has 0 heterocycles. The summed E-state index contributed by atoms with van der Waals surface area (Å²) >= 11 is 0. The van der Waals surface area contributed by atoms with Gasteiger partial charge in [-0.05, 0) is 61.4 Å². The molecule has 35 heavy (non-hydrogen) atoms. The van der Waals surface area contributed by atoms with Gasteiger partial charge in [-0.2, -0.15) is 4.72 Å². The van der Waals surface area contributed by atoms with Gasteiger partial charge in [0.1, 0.15) is 17.5 Å². The molecule has 0 aromatic heterocycles. The Morgan fingerprint density at radius 2 is 1.63 bits per heavy atom. The minimum absolute atomic E-state index is 0.0838. The van der Waals surface area contributed by atoms with Crippen molar-refractivity contribution in [2.24, 2.45) is 0 Å². The molecule has 0 saturated carbocycles. The van der Waals surface area contributed by atoms with E-state index in [-0.39, 0.29) is 22.8 Å². The Morgan fingerprint density at radius 3 is 2.23 bits per heavy atom. The maximum absolute atomic E-state index is 12.9. The minimum Gasteiger partial charge on any atom is -0.457 e. The highest BCUT2D eigenvalue weighted by Gasteiger charge is 2.27. The second kappa shape index (κ2) is 11.1. The lowest BCUT2D eigenvalue weighted by molar-refractivity contribution is -0.130. The van der Waals surface area contributed by atoms with Gasteiger partial charge in [-0.15, -0.1) is 0 Å². The van der Waals surface area contributed by atoms with Crippen LogP contribution in [0.4, 0.5) is 0 Å². The van der Waals surface area contributed by atoms with E-state index < -0.39 is 22.0 Å². The number of carbonyl (C=O) groups excluding carboxylic acids is 2. The standard InChI is InChI=1S/C25H27N3O6S/c1-17-7-13-22(14-8-17)35(32,33)27-23(25(30)28(2)3)15-18-9-11-20(12-10-18)34-21-6-4-5-19(16-21)24(29)26-31/h4-14,16,23,27,31H,15H2,1-3H3,(H,26,29). The van der Waals surface area contributed by atoms with Crippen LogP contribution in [0.15, 0.2) is 77.7 Å². The van der Waals surface area contributed by atoms with E-state index in [1.807, 2.05) is 6.92 Å². The highest BCUT2D eigenvalue weighted by Crippen LogP contribution is 2.23. The predicted octanol–water partition coefficient (Wildman–Crippen LogP) is 2.88. The third-order valence-electron chi connectivity index (χ3n) is 5.16. The Morgan fingerprint density at radius 1 is 0.971 bits per heavy atom. The van der Waals surface area contributed by atoms with Gasteiger partial charge < -0.3 is 9.64 Å². The third-order valence-corrected chi connectivity index (χ3v) is 6.65. The van der Waals surface area contributed by atoms with Crippen LogP contribution in [0.2, 0.25) is 0 Å². The maximum Gasteiger partial charge on any atom is 0.274 e. The molecule has 184 valence electrons. The van der Waals surface area contributed by atoms with Crippen LogP contribution in [0.1, 0.15) is 21.5 Å². The van der Waals surface area contributed by atoms with Crippen LogP contribution in [-0.2, 0) is 21.2 Å². The molecule has 3 N–H and O–H groups in total. The number of likely N-dealkylation sites (N-methyl/N-ethyl adjacent to an activating group) is 1. The number of hydrogen-bond acceptors (Lipinski definition) is 6. The molecule has 2 amide bonds. The zero-order valence-corrected chi connectivity index (χ0v) is 20.4. The minimum atomic E-state index is -3.91. The molecular weight excluding hydrogens is 470 g/mol. The lowest BCUT2D eigenvalue weighted by Crippen LogP contribution is -2.47. The number of nitrogens with zero attached hydrogens (tertiary/aromatic N) is 1. The first-order valence-electron chi connectivity index (χ1n) is 10.7. The molecule has 0 aliphatic carbocycles. The summed E-state index contributed by atoms with van der Waals surface area (Å²) in [6, 6.07) is 18.5. The summed E-state index contributed by atoms with van der Waals surface area (Å²) in [6.45, 7) is 1.86. The van der Waals surface area contributed by atoms with Crippen molar-refractivity contribution in [3.8, 4) is 11.5 Å². The van der Waals surface area contributed by atoms with Gasteiger partial charge in [-0.3, -0.25) is 14.8 Å². The van der Waals surface area contributed by atoms with E-state index >= 15 is 0 Å². The molecule has 0 spiro atoms. The molecule has 0 saturated heterocycles. The summed E-state index contributed by atoms with van der Waals surface area (Å²) in [5.41, 5.74) is 3.45. The van der Waals surface area contributed by atoms with Crippen LogP contribution in [-0.4, -0.2) is 50.5 Å². The second-order valence-electron chi connectivity index (χ2n) is 8.14. The molecule has 1 atom stereocenters. The zero-order chi connectivity index (χ0) is 25.6. The third kappa shape index (κ3) is 6.89. The van der Waals surface area contributed by atoms with Crippen molar-refractivity contribution in [2.45, 2.75) is 24.3 Å². The average molecular weight is 498 g/mol. The number of hydroxylamine groups is 1. The van der Waals surface area contributed by atoms with Crippen molar-refractivity contribution in [1.29, 1.82) is 0 Å². The number of nitrogens with one attached hydrogen (secondary N) is 2. The molecule has 1 unspecified atom stereocenters. The SMILES string of the molecule is Cc1ccc(S(=O)(=O)NC(Cc2ccc(Oc3cccc(C(=O)NO)c3)cc2)C(=O)N(C)C)cc1. The van der Waals surface area contributed by atoms with Crippen molar-refractivity contribution in [1.82, 2.24) is 15.1 Å². The van der Waals surface area contributed by atoms with Gasteiger partial charge in [0.15, 0.2) is 0 Å². The molecule has 10 heteroatoms. The Hall–Kier alpha value is -3.73. The number of aryl methyl sites for hydroxylation is 1. The van der Waals surface area contributed by atoms with Crippen molar-refractivity contribution >= 4 is 21.8 Å². The molecule has 0 radical (unpaired) electrons. The fourth-order valence-corrected chi connectivity index (χ4v) is 4.48. The van der Waals surface area contributed by atoms with E-state index in [9.17, 15) is 18.0 Å². The number of carbonyl (C=O) groups is 2. The topological polar surface area (TPSA) is 125 Å². The van der Waals surface area contributed by atoms with Gasteiger partial charge in [0.05, 0.1) is 4.90 Å². The van der Waals surface area contributed by atoms with Crippen molar-refractivity contribution in [3.63, 3.8) is 0 Å². The lowest BCUT2D eigenvalue weighted by Gasteiger charge is -2.22. The fourth-order valence-electron chi connectivity index (χ4n) is 3.29. The number of rotatable bonds is 9. The van der Waals surface area contributed by atoms with Crippen LogP contribution in [0.3, 0.4) is 0 Å². The summed E-state index contributed by atoms with van der Waals surface area (Å²) < 4.78 is 34.0. The van der Waals surface area contributed by atoms with Crippen LogP contribution in [0.25, 0.3) is 0 Å². The summed E-state index contributed by atoms with van der Waals surface area (Å²) in [7, 11) is -0.776. The van der Waals surface area contributed by atoms with E-state index in [2.05, 4.69) is 4.72 Å².